The number of carboxylic acids is 1. The van der Waals surface area contributed by atoms with Gasteiger partial charge in [-0.3, -0.25) is 38.6 Å². The lowest BCUT2D eigenvalue weighted by molar-refractivity contribution is -0.271. The number of hydrogen-bond acceptors (Lipinski definition) is 21. The number of ether oxygens (including phenoxy) is 5. The van der Waals surface area contributed by atoms with Crippen molar-refractivity contribution >= 4 is 79.6 Å². The highest BCUT2D eigenvalue weighted by Crippen LogP contribution is 2.42. The Morgan fingerprint density at radius 2 is 1.71 bits per heavy atom. The van der Waals surface area contributed by atoms with Crippen LogP contribution in [0.15, 0.2) is 53.9 Å². The van der Waals surface area contributed by atoms with E-state index < -0.39 is 150 Å². The Bertz CT molecular complexity index is 3670. The summed E-state index contributed by atoms with van der Waals surface area (Å²) in [5.41, 5.74) is -0.218. The van der Waals surface area contributed by atoms with Crippen molar-refractivity contribution in [3.8, 4) is 17.1 Å². The van der Waals surface area contributed by atoms with Crippen molar-refractivity contribution < 1.29 is 100 Å². The van der Waals surface area contributed by atoms with E-state index in [1.54, 1.807) is 20.8 Å². The van der Waals surface area contributed by atoms with E-state index in [1.807, 2.05) is 0 Å². The van der Waals surface area contributed by atoms with Crippen LogP contribution in [0.5, 0.6) is 5.75 Å². The van der Waals surface area contributed by atoms with Crippen molar-refractivity contribution in [1.82, 2.24) is 29.6 Å². The molecule has 4 aromatic rings. The number of anilines is 1. The summed E-state index contributed by atoms with van der Waals surface area (Å²) in [5, 5.41) is 58.0. The molecule has 85 heavy (non-hydrogen) atoms. The number of carboxylic acid groups (broad SMARTS) is 1. The van der Waals surface area contributed by atoms with Crippen LogP contribution in [0.25, 0.3) is 27.9 Å². The Morgan fingerprint density at radius 3 is 2.36 bits per heavy atom. The molecule has 6 heterocycles. The molecule has 8 rings (SSSR count). The third-order valence-electron chi connectivity index (χ3n) is 14.6. The first-order chi connectivity index (χ1) is 40.0. The summed E-state index contributed by atoms with van der Waals surface area (Å²) >= 11 is 0. The van der Waals surface area contributed by atoms with Gasteiger partial charge in [-0.1, -0.05) is 25.1 Å². The van der Waals surface area contributed by atoms with E-state index in [4.69, 9.17) is 28.7 Å². The number of aromatic nitrogens is 2. The molecule has 30 heteroatoms. The number of halogens is 1. The highest BCUT2D eigenvalue weighted by atomic mass is 32.2. The Morgan fingerprint density at radius 1 is 1.00 bits per heavy atom. The van der Waals surface area contributed by atoms with Gasteiger partial charge in [0.05, 0.1) is 47.0 Å². The third kappa shape index (κ3) is 13.1. The minimum atomic E-state index is -3.73. The quantitative estimate of drug-likeness (QED) is 0.0268. The van der Waals surface area contributed by atoms with Gasteiger partial charge in [-0.15, -0.1) is 0 Å². The van der Waals surface area contributed by atoms with Gasteiger partial charge in [0.1, 0.15) is 66.3 Å². The summed E-state index contributed by atoms with van der Waals surface area (Å²) in [6.07, 6.45) is -8.88. The van der Waals surface area contributed by atoms with E-state index >= 15 is 4.39 Å². The topological polar surface area (TPSA) is 387 Å². The van der Waals surface area contributed by atoms with Gasteiger partial charge in [0.15, 0.2) is 11.7 Å². The molecule has 6 atom stereocenters. The van der Waals surface area contributed by atoms with Crippen LogP contribution in [0, 0.1) is 12.7 Å². The van der Waals surface area contributed by atoms with Crippen LogP contribution in [0.1, 0.15) is 65.6 Å². The molecule has 454 valence electrons. The lowest BCUT2D eigenvalue weighted by Gasteiger charge is -2.38. The molecular formula is C55H60FN7O21S. The van der Waals surface area contributed by atoms with Crippen molar-refractivity contribution in [3.05, 3.63) is 104 Å². The minimum absolute atomic E-state index is 0.0478. The molecule has 4 aliphatic rings. The molecule has 0 spiro atoms. The number of aliphatic hydroxyl groups excluding tert-OH is 3. The van der Waals surface area contributed by atoms with Gasteiger partial charge in [-0.2, -0.15) is 0 Å². The number of nitrogens with one attached hydrogen (secondary N) is 2. The van der Waals surface area contributed by atoms with E-state index in [1.165, 1.54) is 35.9 Å². The van der Waals surface area contributed by atoms with Gasteiger partial charge >= 0.3 is 18.0 Å². The maximum Gasteiger partial charge on any atom is 0.411 e. The number of nitrogens with zero attached hydrogens (tertiary/aromatic N) is 5. The number of likely N-dealkylation sites (N-methyl/N-ethyl adjacent to an activating group) is 1. The first-order valence-electron chi connectivity index (χ1n) is 26.2. The number of allylic oxidation sites excluding steroid dienone is 1. The molecule has 2 aromatic heterocycles. The van der Waals surface area contributed by atoms with Gasteiger partial charge in [0.25, 0.3) is 17.4 Å². The van der Waals surface area contributed by atoms with Gasteiger partial charge in [-0.25, -0.2) is 32.2 Å². The van der Waals surface area contributed by atoms with E-state index in [-0.39, 0.29) is 83.1 Å². The number of rotatable bonds is 22. The second-order valence-corrected chi connectivity index (χ2v) is 22.9. The van der Waals surface area contributed by atoms with Crippen LogP contribution in [-0.2, 0) is 94.3 Å². The fraction of sp³-hybridized carbons (Fsp3) is 0.418. The molecular weight excluding hydrogens is 1150 g/mol. The number of aliphatic hydroxyl groups is 4. The smallest absolute Gasteiger partial charge is 0.411 e. The summed E-state index contributed by atoms with van der Waals surface area (Å²) in [7, 11) is -2.47. The number of cyclic esters (lactones) is 1. The SMILES string of the molecule is C=C(C)c1c(C)c(F)cc2nc3c(c(CNC(=O)COCN(CCS(C)(=O)=O)C(=O)OCc4ccc(O[C@@H]5O[C@H](C(=O)O)[C@@H](O)[C@H](O)[C@H]5O)c(NC(=O)CN(C)C(=O)CCN5C(=O)C=CC5=O)c4)c12)Cn1c-3cc2c(c1=O)COC(=O)[C@]2(O)CC. The minimum Gasteiger partial charge on any atom is -0.479 e. The fourth-order valence-electron chi connectivity index (χ4n) is 10.0. The van der Waals surface area contributed by atoms with Gasteiger partial charge in [-0.05, 0) is 60.7 Å². The van der Waals surface area contributed by atoms with Crippen LogP contribution in [-0.4, -0.2) is 189 Å². The lowest BCUT2D eigenvalue weighted by atomic mass is 9.86. The van der Waals surface area contributed by atoms with Crippen molar-refractivity contribution in [2.75, 3.05) is 57.3 Å². The monoisotopic (exact) mass is 1210 g/mol. The maximum absolute atomic E-state index is 15.6. The molecule has 0 bridgehead atoms. The van der Waals surface area contributed by atoms with E-state index in [9.17, 15) is 77.1 Å². The summed E-state index contributed by atoms with van der Waals surface area (Å²) in [5.74, 6) is -7.73. The molecule has 0 saturated carbocycles. The number of hydrogen-bond donors (Lipinski definition) is 7. The average Bonchev–Trinajstić information content (AvgIpc) is 1.73. The number of carbonyl (C=O) groups is 8. The van der Waals surface area contributed by atoms with Crippen LogP contribution >= 0.6 is 0 Å². The zero-order valence-electron chi connectivity index (χ0n) is 46.4. The molecule has 4 aliphatic heterocycles. The highest BCUT2D eigenvalue weighted by molar-refractivity contribution is 7.90. The number of pyridine rings is 2. The first-order valence-corrected chi connectivity index (χ1v) is 28.3. The second-order valence-electron chi connectivity index (χ2n) is 20.6. The zero-order chi connectivity index (χ0) is 62.1. The van der Waals surface area contributed by atoms with Crippen LogP contribution in [0.4, 0.5) is 14.9 Å². The number of aliphatic carboxylic acids is 1. The third-order valence-corrected chi connectivity index (χ3v) is 15.6. The maximum atomic E-state index is 15.6. The Kier molecular flexibility index (Phi) is 18.4. The molecule has 0 aliphatic carbocycles. The predicted octanol–water partition coefficient (Wildman–Crippen LogP) is -0.183. The number of esters is 1. The molecule has 1 saturated heterocycles. The van der Waals surface area contributed by atoms with E-state index in [0.717, 1.165) is 39.2 Å². The van der Waals surface area contributed by atoms with Gasteiger partial charge in [0, 0.05) is 74.1 Å². The fourth-order valence-corrected chi connectivity index (χ4v) is 10.6. The molecule has 7 N–H and O–H groups in total. The molecule has 0 radical (unpaired) electrons. The van der Waals surface area contributed by atoms with Crippen molar-refractivity contribution in [2.24, 2.45) is 0 Å². The summed E-state index contributed by atoms with van der Waals surface area (Å²) in [6.45, 7) is 4.61. The first kappa shape index (κ1) is 62.5. The average molecular weight is 1210 g/mol. The number of imide groups is 1. The van der Waals surface area contributed by atoms with Crippen LogP contribution in [0.3, 0.4) is 0 Å². The van der Waals surface area contributed by atoms with Crippen molar-refractivity contribution in [2.45, 2.75) is 96.2 Å². The highest BCUT2D eigenvalue weighted by Gasteiger charge is 2.49. The Balaban J connectivity index is 0.978. The van der Waals surface area contributed by atoms with Gasteiger partial charge < -0.3 is 69.3 Å². The van der Waals surface area contributed by atoms with Crippen molar-refractivity contribution in [3.63, 3.8) is 0 Å². The van der Waals surface area contributed by atoms with Crippen LogP contribution in [0.2, 0.25) is 0 Å². The van der Waals surface area contributed by atoms with Crippen molar-refractivity contribution in [1.29, 1.82) is 0 Å². The number of fused-ring (bicyclic) bond motifs is 5. The molecule has 0 unspecified atom stereocenters. The molecule has 28 nitrogen and oxygen atoms in total. The second kappa shape index (κ2) is 25.0. The molecule has 2 aromatic carbocycles. The van der Waals surface area contributed by atoms with Crippen LogP contribution < -0.4 is 20.9 Å². The number of carbonyl (C=O) groups excluding carboxylic acids is 7. The summed E-state index contributed by atoms with van der Waals surface area (Å²) in [4.78, 5) is 124. The normalized spacial score (nSPS) is 20.5. The molecule has 6 amide bonds. The number of amides is 6. The Hall–Kier alpha value is -8.52. The summed E-state index contributed by atoms with van der Waals surface area (Å²) < 4.78 is 68.9. The predicted molar refractivity (Wildman–Crippen MR) is 291 cm³/mol. The largest absolute Gasteiger partial charge is 0.479 e. The molecule has 1 fully saturated rings. The number of sulfone groups is 1. The summed E-state index contributed by atoms with van der Waals surface area (Å²) in [6, 6.07) is 6.33. The van der Waals surface area contributed by atoms with E-state index in [0.29, 0.717) is 27.6 Å². The Labute approximate surface area is 482 Å². The standard InChI is InChI=1S/C55H60FN7O21S/c1-7-55(77)32-17-36-45-30(20-63(36)50(72)31(32)23-81-53(55)75)29(44-35(59-45)18-33(56)27(4)43(44)26(2)3)19-57-39(65)24-80-25-61(14-15-85(6,78)79)54(76)82-22-28-8-9-37(83-52-48(71)46(69)47(70)49(84-52)51(73)74)34(16-28)58-38(64)21-60(5)40(66)12-13-62-41(67)10-11-42(62)68/h8-11,16-18,46-49,52,69-71,77H,2,7,12-15,19-25H2,1,3-6H3,(H,57,65)(H,58,64)(H,73,74)/t46-,47-,48+,49-,52+,55-/m0/s1. The van der Waals surface area contributed by atoms with Gasteiger partial charge in [0.2, 0.25) is 24.0 Å². The number of benzene rings is 2. The lowest BCUT2D eigenvalue weighted by Crippen LogP contribution is -2.61. The zero-order valence-corrected chi connectivity index (χ0v) is 47.2. The van der Waals surface area contributed by atoms with E-state index in [2.05, 4.69) is 17.2 Å².